The van der Waals surface area contributed by atoms with Crippen molar-refractivity contribution in [1.29, 1.82) is 0 Å². The summed E-state index contributed by atoms with van der Waals surface area (Å²) >= 11 is 0.888. The maximum Gasteiger partial charge on any atom is 0.460 e. The molecule has 0 bridgehead atoms. The summed E-state index contributed by atoms with van der Waals surface area (Å²) < 4.78 is 130. The molecule has 1 heterocycles. The van der Waals surface area contributed by atoms with Crippen LogP contribution in [0, 0.1) is 0 Å². The number of amidine groups is 1. The normalized spacial score (nSPS) is 18.0. The van der Waals surface area contributed by atoms with Crippen LogP contribution in [0.15, 0.2) is 28.4 Å². The number of nitrogens with one attached hydrogen (secondary N) is 1. The first-order valence-electron chi connectivity index (χ1n) is 7.15. The van der Waals surface area contributed by atoms with Crippen LogP contribution in [0.1, 0.15) is 16.7 Å². The standard InChI is InChI=1S/C14H7F10N3OS/c15-11(16,13(20,21)14(22,23)24)8-3-6(1-2-7(8)12(17,18)19)4-25-27-10-26-9(28)5-29-10/h1-4H,5H2,(H,26,27,28). The van der Waals surface area contributed by atoms with Crippen molar-refractivity contribution in [3.8, 4) is 0 Å². The lowest BCUT2D eigenvalue weighted by atomic mass is 9.94. The fourth-order valence-electron chi connectivity index (χ4n) is 2.02. The molecule has 1 aliphatic heterocycles. The van der Waals surface area contributed by atoms with E-state index in [1.807, 2.05) is 0 Å². The molecule has 0 aliphatic carbocycles. The van der Waals surface area contributed by atoms with E-state index < -0.39 is 46.8 Å². The number of carbonyl (C=O) groups excluding carboxylic acids is 1. The largest absolute Gasteiger partial charge is 0.460 e. The molecule has 1 amide bonds. The summed E-state index contributed by atoms with van der Waals surface area (Å²) in [4.78, 5) is 10.9. The molecule has 0 atom stereocenters. The molecule has 0 unspecified atom stereocenters. The second kappa shape index (κ2) is 7.50. The van der Waals surface area contributed by atoms with E-state index in [0.717, 1.165) is 11.8 Å². The Bertz CT molecular complexity index is 860. The number of alkyl halides is 10. The monoisotopic (exact) mass is 455 g/mol. The molecule has 0 spiro atoms. The van der Waals surface area contributed by atoms with Crippen molar-refractivity contribution < 1.29 is 48.7 Å². The van der Waals surface area contributed by atoms with Crippen molar-refractivity contribution in [3.05, 3.63) is 34.9 Å². The second-order valence-corrected chi connectivity index (χ2v) is 6.40. The van der Waals surface area contributed by atoms with Crippen LogP contribution >= 0.6 is 11.8 Å². The summed E-state index contributed by atoms with van der Waals surface area (Å²) in [5, 5.41) is 8.85. The zero-order valence-electron chi connectivity index (χ0n) is 13.5. The highest BCUT2D eigenvalue weighted by molar-refractivity contribution is 8.15. The second-order valence-electron chi connectivity index (χ2n) is 5.44. The van der Waals surface area contributed by atoms with Gasteiger partial charge in [0.2, 0.25) is 5.91 Å². The van der Waals surface area contributed by atoms with E-state index >= 15 is 0 Å². The van der Waals surface area contributed by atoms with E-state index in [4.69, 9.17) is 0 Å². The van der Waals surface area contributed by atoms with Crippen LogP contribution in [0.25, 0.3) is 0 Å². The molecule has 1 aromatic rings. The van der Waals surface area contributed by atoms with Crippen molar-refractivity contribution in [1.82, 2.24) is 5.32 Å². The molecule has 15 heteroatoms. The zero-order valence-corrected chi connectivity index (χ0v) is 14.3. The van der Waals surface area contributed by atoms with E-state index in [2.05, 4.69) is 15.5 Å². The Labute approximate surface area is 159 Å². The molecular weight excluding hydrogens is 448 g/mol. The first-order valence-corrected chi connectivity index (χ1v) is 8.13. The highest BCUT2D eigenvalue weighted by atomic mass is 32.2. The third-order valence-electron chi connectivity index (χ3n) is 3.38. The van der Waals surface area contributed by atoms with Gasteiger partial charge in [-0.3, -0.25) is 4.79 Å². The summed E-state index contributed by atoms with van der Waals surface area (Å²) in [7, 11) is 0. The summed E-state index contributed by atoms with van der Waals surface area (Å²) in [5.74, 6) is -13.4. The van der Waals surface area contributed by atoms with Gasteiger partial charge in [0.05, 0.1) is 17.5 Å². The first-order chi connectivity index (χ1) is 13.1. The van der Waals surface area contributed by atoms with Crippen LogP contribution in [0.5, 0.6) is 0 Å². The van der Waals surface area contributed by atoms with E-state index in [9.17, 15) is 48.7 Å². The highest BCUT2D eigenvalue weighted by Gasteiger charge is 2.74. The summed E-state index contributed by atoms with van der Waals surface area (Å²) in [6, 6.07) is 0.265. The van der Waals surface area contributed by atoms with Crippen LogP contribution in [-0.2, 0) is 16.9 Å². The van der Waals surface area contributed by atoms with Crippen molar-refractivity contribution >= 4 is 29.1 Å². The minimum atomic E-state index is -6.81. The van der Waals surface area contributed by atoms with Crippen molar-refractivity contribution in [3.63, 3.8) is 0 Å². The number of halogens is 10. The Morgan fingerprint density at radius 1 is 0.966 bits per heavy atom. The molecule has 1 saturated heterocycles. The topological polar surface area (TPSA) is 53.8 Å². The number of rotatable bonds is 4. The van der Waals surface area contributed by atoms with Gasteiger partial charge in [-0.2, -0.15) is 49.0 Å². The van der Waals surface area contributed by atoms with Gasteiger partial charge in [-0.15, -0.1) is 5.10 Å². The molecule has 0 radical (unpaired) electrons. The Hall–Kier alpha value is -2.32. The summed E-state index contributed by atoms with van der Waals surface area (Å²) in [6.45, 7) is 0. The maximum absolute atomic E-state index is 13.9. The fourth-order valence-corrected chi connectivity index (χ4v) is 2.65. The Morgan fingerprint density at radius 2 is 1.59 bits per heavy atom. The van der Waals surface area contributed by atoms with Crippen molar-refractivity contribution in [2.45, 2.75) is 24.2 Å². The van der Waals surface area contributed by atoms with Gasteiger partial charge in [-0.25, -0.2) is 0 Å². The van der Waals surface area contributed by atoms with Crippen LogP contribution in [-0.4, -0.2) is 35.1 Å². The number of carbonyl (C=O) groups is 1. The molecule has 1 aromatic carbocycles. The summed E-state index contributed by atoms with van der Waals surface area (Å²) in [6.07, 6.45) is -11.9. The molecule has 160 valence electrons. The van der Waals surface area contributed by atoms with E-state index in [0.29, 0.717) is 12.3 Å². The third-order valence-corrected chi connectivity index (χ3v) is 4.24. The van der Waals surface area contributed by atoms with Crippen LogP contribution < -0.4 is 5.32 Å². The molecule has 0 aromatic heterocycles. The maximum atomic E-state index is 13.9. The highest BCUT2D eigenvalue weighted by Crippen LogP contribution is 2.54. The lowest BCUT2D eigenvalue weighted by Crippen LogP contribution is -2.50. The Morgan fingerprint density at radius 3 is 2.07 bits per heavy atom. The zero-order chi connectivity index (χ0) is 22.3. The first kappa shape index (κ1) is 23.0. The SMILES string of the molecule is O=C1CSC(=NN=Cc2ccc(C(F)(F)F)c(C(F)(F)C(F)(F)C(F)(F)F)c2)N1. The van der Waals surface area contributed by atoms with Crippen molar-refractivity contribution in [2.75, 3.05) is 5.75 Å². The number of hydrogen-bond acceptors (Lipinski definition) is 4. The third kappa shape index (κ3) is 4.64. The number of benzene rings is 1. The number of hydrogen-bond donors (Lipinski definition) is 1. The lowest BCUT2D eigenvalue weighted by molar-refractivity contribution is -0.360. The lowest BCUT2D eigenvalue weighted by Gasteiger charge is -2.30. The fraction of sp³-hybridized carbons (Fsp3) is 0.357. The molecule has 4 nitrogen and oxygen atoms in total. The van der Waals surface area contributed by atoms with Crippen LogP contribution in [0.2, 0.25) is 0 Å². The molecule has 1 fully saturated rings. The number of thioether (sulfide) groups is 1. The van der Waals surface area contributed by atoms with Gasteiger partial charge < -0.3 is 5.32 Å². The quantitative estimate of drug-likeness (QED) is 0.412. The minimum absolute atomic E-state index is 0.00245. The smallest absolute Gasteiger partial charge is 0.303 e. The van der Waals surface area contributed by atoms with Gasteiger partial charge in [-0.05, 0) is 17.7 Å². The summed E-state index contributed by atoms with van der Waals surface area (Å²) in [5.41, 5.74) is -5.61. The minimum Gasteiger partial charge on any atom is -0.303 e. The Kier molecular flexibility index (Phi) is 5.94. The predicted molar refractivity (Wildman–Crippen MR) is 82.0 cm³/mol. The number of nitrogens with zero attached hydrogens (tertiary/aromatic N) is 2. The van der Waals surface area contributed by atoms with Gasteiger partial charge in [0.1, 0.15) is 0 Å². The molecule has 0 saturated carbocycles. The predicted octanol–water partition coefficient (Wildman–Crippen LogP) is 4.55. The Balaban J connectivity index is 2.51. The average Bonchev–Trinajstić information content (AvgIpc) is 2.98. The molecule has 2 rings (SSSR count). The van der Waals surface area contributed by atoms with Crippen LogP contribution in [0.3, 0.4) is 0 Å². The average molecular weight is 455 g/mol. The van der Waals surface area contributed by atoms with Gasteiger partial charge >= 0.3 is 24.2 Å². The van der Waals surface area contributed by atoms with Gasteiger partial charge in [0, 0.05) is 5.56 Å². The van der Waals surface area contributed by atoms with E-state index in [1.165, 1.54) is 0 Å². The molecule has 1 aliphatic rings. The van der Waals surface area contributed by atoms with Gasteiger partial charge in [0.25, 0.3) is 0 Å². The van der Waals surface area contributed by atoms with Crippen LogP contribution in [0.4, 0.5) is 43.9 Å². The molecular formula is C14H7F10N3OS. The molecule has 29 heavy (non-hydrogen) atoms. The van der Waals surface area contributed by atoms with Crippen molar-refractivity contribution in [2.24, 2.45) is 10.2 Å². The number of amides is 1. The molecule has 1 N–H and O–H groups in total. The van der Waals surface area contributed by atoms with E-state index in [1.54, 1.807) is 0 Å². The van der Waals surface area contributed by atoms with E-state index in [-0.39, 0.29) is 23.1 Å². The van der Waals surface area contributed by atoms with Gasteiger partial charge in [0.15, 0.2) is 5.17 Å². The van der Waals surface area contributed by atoms with Gasteiger partial charge in [-0.1, -0.05) is 17.8 Å².